The highest BCUT2D eigenvalue weighted by Crippen LogP contribution is 2.31. The van der Waals surface area contributed by atoms with Gasteiger partial charge in [-0.05, 0) is 31.0 Å². The molecule has 1 rings (SSSR count). The van der Waals surface area contributed by atoms with Crippen molar-refractivity contribution < 1.29 is 10.3 Å². The third-order valence-corrected chi connectivity index (χ3v) is 2.44. The lowest BCUT2D eigenvalue weighted by atomic mass is 10.0. The Bertz CT molecular complexity index is 303. The maximum Gasteiger partial charge on any atom is 0.139 e. The summed E-state index contributed by atoms with van der Waals surface area (Å²) in [7, 11) is 0. The van der Waals surface area contributed by atoms with Crippen LogP contribution in [0.3, 0.4) is 0 Å². The Balaban J connectivity index is 0.00000169. The van der Waals surface area contributed by atoms with Gasteiger partial charge >= 0.3 is 0 Å². The van der Waals surface area contributed by atoms with Crippen molar-refractivity contribution in [3.8, 4) is 5.75 Å². The SMILES string of the molecule is Cc1cc(Cl)c(O)c(CNO)c1C.Cl. The van der Waals surface area contributed by atoms with Gasteiger partial charge in [-0.3, -0.25) is 0 Å². The summed E-state index contributed by atoms with van der Waals surface area (Å²) in [6.07, 6.45) is 0. The quantitative estimate of drug-likeness (QED) is 0.694. The molecule has 14 heavy (non-hydrogen) atoms. The summed E-state index contributed by atoms with van der Waals surface area (Å²) in [6, 6.07) is 1.70. The second-order valence-electron chi connectivity index (χ2n) is 2.96. The highest BCUT2D eigenvalue weighted by atomic mass is 35.5. The first kappa shape index (κ1) is 13.5. The molecule has 0 heterocycles. The summed E-state index contributed by atoms with van der Waals surface area (Å²) in [4.78, 5) is 0. The van der Waals surface area contributed by atoms with Gasteiger partial charge in [-0.2, -0.15) is 0 Å². The number of rotatable bonds is 2. The van der Waals surface area contributed by atoms with Gasteiger partial charge in [0.15, 0.2) is 0 Å². The van der Waals surface area contributed by atoms with E-state index in [0.717, 1.165) is 11.1 Å². The van der Waals surface area contributed by atoms with Crippen LogP contribution in [0.1, 0.15) is 16.7 Å². The minimum absolute atomic E-state index is 0. The van der Waals surface area contributed by atoms with E-state index in [0.29, 0.717) is 10.6 Å². The van der Waals surface area contributed by atoms with Crippen LogP contribution in [-0.4, -0.2) is 10.3 Å². The summed E-state index contributed by atoms with van der Waals surface area (Å²) in [6.45, 7) is 3.97. The number of hydrogen-bond donors (Lipinski definition) is 3. The molecular weight excluding hydrogens is 225 g/mol. The molecule has 0 aliphatic rings. The lowest BCUT2D eigenvalue weighted by Gasteiger charge is -2.11. The van der Waals surface area contributed by atoms with Gasteiger partial charge in [-0.1, -0.05) is 11.6 Å². The smallest absolute Gasteiger partial charge is 0.139 e. The molecule has 3 N–H and O–H groups in total. The average molecular weight is 238 g/mol. The predicted octanol–water partition coefficient (Wildman–Crippen LogP) is 2.56. The van der Waals surface area contributed by atoms with Crippen molar-refractivity contribution in [1.82, 2.24) is 5.48 Å². The van der Waals surface area contributed by atoms with Crippen LogP contribution in [0.25, 0.3) is 0 Å². The lowest BCUT2D eigenvalue weighted by molar-refractivity contribution is 0.160. The largest absolute Gasteiger partial charge is 0.506 e. The first-order chi connectivity index (χ1) is 6.07. The van der Waals surface area contributed by atoms with Crippen molar-refractivity contribution >= 4 is 24.0 Å². The molecule has 0 aromatic heterocycles. The van der Waals surface area contributed by atoms with Crippen molar-refractivity contribution in [1.29, 1.82) is 0 Å². The minimum Gasteiger partial charge on any atom is -0.506 e. The number of benzene rings is 1. The second-order valence-corrected chi connectivity index (χ2v) is 3.37. The molecule has 1 aromatic carbocycles. The molecule has 0 aliphatic heterocycles. The van der Waals surface area contributed by atoms with E-state index in [9.17, 15) is 5.11 Å². The van der Waals surface area contributed by atoms with E-state index in [2.05, 4.69) is 0 Å². The summed E-state index contributed by atoms with van der Waals surface area (Å²) in [5.41, 5.74) is 4.56. The highest BCUT2D eigenvalue weighted by molar-refractivity contribution is 6.32. The molecule has 1 aromatic rings. The van der Waals surface area contributed by atoms with E-state index in [1.165, 1.54) is 0 Å². The van der Waals surface area contributed by atoms with Gasteiger partial charge in [0.05, 0.1) is 5.02 Å². The second kappa shape index (κ2) is 5.41. The van der Waals surface area contributed by atoms with E-state index in [1.807, 2.05) is 19.3 Å². The van der Waals surface area contributed by atoms with Crippen molar-refractivity contribution in [3.05, 3.63) is 27.8 Å². The Kier molecular flexibility index (Phi) is 5.23. The number of halogens is 2. The Labute approximate surface area is 94.1 Å². The zero-order chi connectivity index (χ0) is 10.0. The van der Waals surface area contributed by atoms with Crippen LogP contribution in [0.5, 0.6) is 5.75 Å². The molecule has 80 valence electrons. The monoisotopic (exact) mass is 237 g/mol. The standard InChI is InChI=1S/C9H12ClNO2.ClH/c1-5-3-8(10)9(12)7(4-11-13)6(5)2;/h3,11-13H,4H2,1-2H3;1H. The minimum atomic E-state index is 0. The fourth-order valence-electron chi connectivity index (χ4n) is 1.22. The summed E-state index contributed by atoms with van der Waals surface area (Å²) >= 11 is 5.77. The predicted molar refractivity (Wildman–Crippen MR) is 58.5 cm³/mol. The van der Waals surface area contributed by atoms with E-state index in [-0.39, 0.29) is 24.7 Å². The van der Waals surface area contributed by atoms with Gasteiger partial charge < -0.3 is 10.3 Å². The van der Waals surface area contributed by atoms with Crippen molar-refractivity contribution in [2.45, 2.75) is 20.4 Å². The van der Waals surface area contributed by atoms with Gasteiger partial charge in [0, 0.05) is 12.1 Å². The molecular formula is C9H13Cl2NO2. The van der Waals surface area contributed by atoms with Crippen LogP contribution in [0.15, 0.2) is 6.07 Å². The molecule has 0 saturated carbocycles. The number of aryl methyl sites for hydroxylation is 1. The molecule has 0 spiro atoms. The molecule has 0 unspecified atom stereocenters. The van der Waals surface area contributed by atoms with Crippen LogP contribution < -0.4 is 5.48 Å². The van der Waals surface area contributed by atoms with E-state index >= 15 is 0 Å². The maximum atomic E-state index is 9.55. The molecule has 0 fully saturated rings. The van der Waals surface area contributed by atoms with Gasteiger partial charge in [0.2, 0.25) is 0 Å². The Morgan fingerprint density at radius 1 is 1.43 bits per heavy atom. The first-order valence-electron chi connectivity index (χ1n) is 3.92. The third kappa shape index (κ3) is 2.51. The molecule has 0 radical (unpaired) electrons. The normalized spacial score (nSPS) is 9.71. The zero-order valence-electron chi connectivity index (χ0n) is 7.97. The average Bonchev–Trinajstić information content (AvgIpc) is 2.09. The first-order valence-corrected chi connectivity index (χ1v) is 4.30. The Morgan fingerprint density at radius 2 is 2.00 bits per heavy atom. The van der Waals surface area contributed by atoms with Crippen LogP contribution in [0, 0.1) is 13.8 Å². The summed E-state index contributed by atoms with van der Waals surface area (Å²) in [5, 5.41) is 18.4. The molecule has 0 atom stereocenters. The fourth-order valence-corrected chi connectivity index (χ4v) is 1.50. The van der Waals surface area contributed by atoms with Gasteiger partial charge in [-0.15, -0.1) is 12.4 Å². The van der Waals surface area contributed by atoms with Crippen molar-refractivity contribution in [2.24, 2.45) is 0 Å². The zero-order valence-corrected chi connectivity index (χ0v) is 9.54. The number of aromatic hydroxyl groups is 1. The van der Waals surface area contributed by atoms with Crippen LogP contribution in [0.2, 0.25) is 5.02 Å². The molecule has 0 bridgehead atoms. The molecule has 0 saturated heterocycles. The number of nitrogens with one attached hydrogen (secondary N) is 1. The lowest BCUT2D eigenvalue weighted by Crippen LogP contribution is -2.08. The van der Waals surface area contributed by atoms with Gasteiger partial charge in [-0.25, -0.2) is 5.48 Å². The topological polar surface area (TPSA) is 52.5 Å². The van der Waals surface area contributed by atoms with Crippen LogP contribution >= 0.6 is 24.0 Å². The fraction of sp³-hybridized carbons (Fsp3) is 0.333. The Morgan fingerprint density at radius 3 is 2.50 bits per heavy atom. The maximum absolute atomic E-state index is 9.55. The Hall–Kier alpha value is -0.480. The number of hydroxylamine groups is 1. The molecule has 0 amide bonds. The number of phenolic OH excluding ortho intramolecular Hbond substituents is 1. The van der Waals surface area contributed by atoms with Crippen molar-refractivity contribution in [3.63, 3.8) is 0 Å². The van der Waals surface area contributed by atoms with Crippen LogP contribution in [-0.2, 0) is 6.54 Å². The highest BCUT2D eigenvalue weighted by Gasteiger charge is 2.10. The van der Waals surface area contributed by atoms with E-state index in [4.69, 9.17) is 16.8 Å². The molecule has 3 nitrogen and oxygen atoms in total. The number of hydrogen-bond acceptors (Lipinski definition) is 3. The third-order valence-electron chi connectivity index (χ3n) is 2.16. The van der Waals surface area contributed by atoms with Crippen molar-refractivity contribution in [2.75, 3.05) is 0 Å². The van der Waals surface area contributed by atoms with Gasteiger partial charge in [0.1, 0.15) is 5.75 Å². The molecule has 0 aliphatic carbocycles. The summed E-state index contributed by atoms with van der Waals surface area (Å²) < 4.78 is 0. The molecule has 5 heteroatoms. The van der Waals surface area contributed by atoms with Gasteiger partial charge in [0.25, 0.3) is 0 Å². The number of phenols is 1. The van der Waals surface area contributed by atoms with E-state index in [1.54, 1.807) is 6.07 Å². The summed E-state index contributed by atoms with van der Waals surface area (Å²) in [5.74, 6) is 0.0336. The van der Waals surface area contributed by atoms with E-state index < -0.39 is 0 Å². The van der Waals surface area contributed by atoms with Crippen LogP contribution in [0.4, 0.5) is 0 Å².